The molecule has 168 valence electrons. The second-order valence-corrected chi connectivity index (χ2v) is 7.72. The third-order valence-corrected chi connectivity index (χ3v) is 5.04. The van der Waals surface area contributed by atoms with Crippen LogP contribution in [0.15, 0.2) is 48.5 Å². The SMILES string of the molecule is [C-]#[N+]c1ccc(OCCCBr)cc1.[C-]#[N+]c1ccc(OCCCN2CCNC(=O)C2)cc1. The number of nitrogens with one attached hydrogen (secondary N) is 1. The lowest BCUT2D eigenvalue weighted by molar-refractivity contribution is -0.124. The lowest BCUT2D eigenvalue weighted by Gasteiger charge is -2.26. The number of carbonyl (C=O) groups excluding carboxylic acids is 1. The Kier molecular flexibility index (Phi) is 11.7. The minimum absolute atomic E-state index is 0.0990. The first kappa shape index (κ1) is 25.2. The number of alkyl halides is 1. The predicted octanol–water partition coefficient (Wildman–Crippen LogP) is 4.84. The Bertz CT molecular complexity index is 905. The molecule has 32 heavy (non-hydrogen) atoms. The molecular weight excluding hydrogens is 472 g/mol. The van der Waals surface area contributed by atoms with Gasteiger partial charge in [0.2, 0.25) is 5.91 Å². The highest BCUT2D eigenvalue weighted by Crippen LogP contribution is 2.18. The van der Waals surface area contributed by atoms with Crippen molar-refractivity contribution < 1.29 is 14.3 Å². The van der Waals surface area contributed by atoms with E-state index in [1.54, 1.807) is 24.3 Å². The highest BCUT2D eigenvalue weighted by atomic mass is 79.9. The lowest BCUT2D eigenvalue weighted by atomic mass is 10.3. The van der Waals surface area contributed by atoms with E-state index in [1.165, 1.54) is 0 Å². The van der Waals surface area contributed by atoms with Crippen molar-refractivity contribution in [2.24, 2.45) is 0 Å². The van der Waals surface area contributed by atoms with E-state index in [-0.39, 0.29) is 5.91 Å². The summed E-state index contributed by atoms with van der Waals surface area (Å²) in [6.07, 6.45) is 1.88. The van der Waals surface area contributed by atoms with Crippen LogP contribution in [0.5, 0.6) is 11.5 Å². The summed E-state index contributed by atoms with van der Waals surface area (Å²) in [5, 5.41) is 3.75. The Morgan fingerprint density at radius 3 is 1.91 bits per heavy atom. The first-order valence-electron chi connectivity index (χ1n) is 10.4. The molecule has 0 aromatic heterocycles. The van der Waals surface area contributed by atoms with Gasteiger partial charge in [-0.15, -0.1) is 0 Å². The standard InChI is InChI=1S/C14H17N3O2.C10H10BrNO/c1-15-12-3-5-13(6-4-12)19-10-2-8-17-9-7-16-14(18)11-17;1-12-9-3-5-10(6-4-9)13-8-2-7-11/h3-6H,2,7-11H2,(H,16,18);3-6H,2,7-8H2. The van der Waals surface area contributed by atoms with Crippen LogP contribution in [0.25, 0.3) is 9.69 Å². The summed E-state index contributed by atoms with van der Waals surface area (Å²) in [7, 11) is 0. The molecule has 1 fully saturated rings. The number of hydrogen-bond donors (Lipinski definition) is 1. The summed E-state index contributed by atoms with van der Waals surface area (Å²) in [5.41, 5.74) is 1.26. The zero-order chi connectivity index (χ0) is 23.0. The summed E-state index contributed by atoms with van der Waals surface area (Å²) < 4.78 is 11.0. The van der Waals surface area contributed by atoms with Crippen molar-refractivity contribution >= 4 is 33.2 Å². The quantitative estimate of drug-likeness (QED) is 0.305. The smallest absolute Gasteiger partial charge is 0.234 e. The van der Waals surface area contributed by atoms with Gasteiger partial charge in [-0.3, -0.25) is 9.69 Å². The molecule has 2 aromatic carbocycles. The Hall–Kier alpha value is -3.07. The van der Waals surface area contributed by atoms with Crippen molar-refractivity contribution in [3.05, 3.63) is 71.4 Å². The molecule has 1 N–H and O–H groups in total. The molecular formula is C24H27BrN4O3. The van der Waals surface area contributed by atoms with E-state index in [9.17, 15) is 4.79 Å². The molecule has 1 saturated heterocycles. The Balaban J connectivity index is 0.000000244. The minimum atomic E-state index is 0.0990. The number of nitrogens with zero attached hydrogens (tertiary/aromatic N) is 3. The number of halogens is 1. The molecule has 7 nitrogen and oxygen atoms in total. The molecule has 0 aliphatic carbocycles. The van der Waals surface area contributed by atoms with Gasteiger partial charge in [0.1, 0.15) is 11.5 Å². The molecule has 1 aliphatic rings. The number of benzene rings is 2. The number of carbonyl (C=O) groups is 1. The van der Waals surface area contributed by atoms with Crippen molar-refractivity contribution in [2.45, 2.75) is 12.8 Å². The molecule has 3 rings (SSSR count). The average Bonchev–Trinajstić information content (AvgIpc) is 2.83. The van der Waals surface area contributed by atoms with Crippen LogP contribution in [0.3, 0.4) is 0 Å². The molecule has 1 aliphatic heterocycles. The van der Waals surface area contributed by atoms with E-state index >= 15 is 0 Å². The maximum Gasteiger partial charge on any atom is 0.234 e. The topological polar surface area (TPSA) is 59.5 Å². The van der Waals surface area contributed by atoms with Crippen LogP contribution in [0, 0.1) is 13.1 Å². The predicted molar refractivity (Wildman–Crippen MR) is 129 cm³/mol. The third-order valence-electron chi connectivity index (χ3n) is 4.48. The molecule has 2 aromatic rings. The molecule has 8 heteroatoms. The molecule has 1 heterocycles. The van der Waals surface area contributed by atoms with Crippen LogP contribution in [-0.4, -0.2) is 55.5 Å². The Morgan fingerprint density at radius 1 is 0.906 bits per heavy atom. The van der Waals surface area contributed by atoms with Gasteiger partial charge in [0.15, 0.2) is 11.4 Å². The Labute approximate surface area is 198 Å². The number of piperazine rings is 1. The fourth-order valence-corrected chi connectivity index (χ4v) is 3.07. The lowest BCUT2D eigenvalue weighted by Crippen LogP contribution is -2.47. The minimum Gasteiger partial charge on any atom is -0.494 e. The van der Waals surface area contributed by atoms with Crippen molar-refractivity contribution in [1.29, 1.82) is 0 Å². The van der Waals surface area contributed by atoms with Crippen LogP contribution in [0.4, 0.5) is 11.4 Å². The van der Waals surface area contributed by atoms with E-state index in [2.05, 4.69) is 35.8 Å². The summed E-state index contributed by atoms with van der Waals surface area (Å²) in [6.45, 7) is 17.9. The number of rotatable bonds is 9. The number of amides is 1. The van der Waals surface area contributed by atoms with Crippen LogP contribution in [-0.2, 0) is 4.79 Å². The maximum absolute atomic E-state index is 11.2. The fourth-order valence-electron chi connectivity index (χ4n) is 2.84. The van der Waals surface area contributed by atoms with Gasteiger partial charge in [0.05, 0.1) is 32.9 Å². The fraction of sp³-hybridized carbons (Fsp3) is 0.375. The molecule has 0 bridgehead atoms. The summed E-state index contributed by atoms with van der Waals surface area (Å²) >= 11 is 3.33. The first-order valence-corrected chi connectivity index (χ1v) is 11.5. The van der Waals surface area contributed by atoms with Crippen molar-refractivity contribution in [2.75, 3.05) is 44.7 Å². The van der Waals surface area contributed by atoms with E-state index < -0.39 is 0 Å². The Morgan fingerprint density at radius 2 is 1.44 bits per heavy atom. The van der Waals surface area contributed by atoms with Gasteiger partial charge in [-0.2, -0.15) is 0 Å². The second-order valence-electron chi connectivity index (χ2n) is 6.93. The van der Waals surface area contributed by atoms with Gasteiger partial charge in [0.25, 0.3) is 0 Å². The van der Waals surface area contributed by atoms with Gasteiger partial charge < -0.3 is 14.8 Å². The van der Waals surface area contributed by atoms with Gasteiger partial charge in [-0.25, -0.2) is 9.69 Å². The second kappa shape index (κ2) is 14.9. The summed E-state index contributed by atoms with van der Waals surface area (Å²) in [4.78, 5) is 19.9. The van der Waals surface area contributed by atoms with Crippen LogP contribution < -0.4 is 14.8 Å². The monoisotopic (exact) mass is 498 g/mol. The molecule has 0 unspecified atom stereocenters. The van der Waals surface area contributed by atoms with Crippen molar-refractivity contribution in [1.82, 2.24) is 10.2 Å². The van der Waals surface area contributed by atoms with E-state index in [0.29, 0.717) is 31.1 Å². The molecule has 0 spiro atoms. The number of ether oxygens (including phenoxy) is 2. The van der Waals surface area contributed by atoms with Crippen LogP contribution in [0.2, 0.25) is 0 Å². The zero-order valence-corrected chi connectivity index (χ0v) is 19.5. The van der Waals surface area contributed by atoms with Gasteiger partial charge in [-0.05, 0) is 37.1 Å². The maximum atomic E-state index is 11.2. The van der Waals surface area contributed by atoms with Crippen LogP contribution in [0.1, 0.15) is 12.8 Å². The van der Waals surface area contributed by atoms with E-state index in [4.69, 9.17) is 22.6 Å². The highest BCUT2D eigenvalue weighted by Gasteiger charge is 2.14. The molecule has 0 atom stereocenters. The molecule has 1 amide bonds. The average molecular weight is 499 g/mol. The first-order chi connectivity index (χ1) is 15.6. The number of hydrogen-bond acceptors (Lipinski definition) is 4. The van der Waals surface area contributed by atoms with Gasteiger partial charge >= 0.3 is 0 Å². The third kappa shape index (κ3) is 9.82. The van der Waals surface area contributed by atoms with Gasteiger partial charge in [-0.1, -0.05) is 40.2 Å². The normalized spacial score (nSPS) is 13.0. The highest BCUT2D eigenvalue weighted by molar-refractivity contribution is 9.09. The van der Waals surface area contributed by atoms with Gasteiger partial charge in [0, 0.05) is 25.0 Å². The van der Waals surface area contributed by atoms with E-state index in [0.717, 1.165) is 49.3 Å². The van der Waals surface area contributed by atoms with Crippen molar-refractivity contribution in [3.8, 4) is 11.5 Å². The summed E-state index contributed by atoms with van der Waals surface area (Å²) in [5.74, 6) is 1.71. The van der Waals surface area contributed by atoms with E-state index in [1.807, 2.05) is 24.3 Å². The largest absolute Gasteiger partial charge is 0.494 e. The molecule has 0 radical (unpaired) electrons. The van der Waals surface area contributed by atoms with Crippen molar-refractivity contribution in [3.63, 3.8) is 0 Å². The zero-order valence-electron chi connectivity index (χ0n) is 17.9. The summed E-state index contributed by atoms with van der Waals surface area (Å²) in [6, 6.07) is 14.3. The van der Waals surface area contributed by atoms with Crippen LogP contribution >= 0.6 is 15.9 Å². The molecule has 0 saturated carbocycles.